The zero-order valence-electron chi connectivity index (χ0n) is 16.7. The van der Waals surface area contributed by atoms with Crippen molar-refractivity contribution in [2.45, 2.75) is 23.6 Å². The summed E-state index contributed by atoms with van der Waals surface area (Å²) in [7, 11) is 0. The number of rotatable bonds is 6. The van der Waals surface area contributed by atoms with Crippen molar-refractivity contribution >= 4 is 40.9 Å². The molecule has 5 nitrogen and oxygen atoms in total. The van der Waals surface area contributed by atoms with E-state index in [1.54, 1.807) is 11.8 Å². The number of para-hydroxylation sites is 1. The molecule has 0 saturated carbocycles. The first-order valence-electron chi connectivity index (χ1n) is 9.76. The normalized spacial score (nSPS) is 14.8. The van der Waals surface area contributed by atoms with Crippen molar-refractivity contribution in [2.24, 2.45) is 5.92 Å². The lowest BCUT2D eigenvalue weighted by Crippen LogP contribution is -2.51. The highest BCUT2D eigenvalue weighted by molar-refractivity contribution is 7.99. The maximum Gasteiger partial charge on any atom is 0.238 e. The van der Waals surface area contributed by atoms with Crippen LogP contribution in [0.25, 0.3) is 0 Å². The molecule has 1 fully saturated rings. The Morgan fingerprint density at radius 1 is 1.03 bits per heavy atom. The van der Waals surface area contributed by atoms with Crippen molar-refractivity contribution in [3.05, 3.63) is 53.6 Å². The van der Waals surface area contributed by atoms with Gasteiger partial charge in [-0.3, -0.25) is 14.5 Å². The molecular weight excluding hydrogens is 406 g/mol. The Bertz CT molecular complexity index is 849. The average Bonchev–Trinajstić information content (AvgIpc) is 2.71. The van der Waals surface area contributed by atoms with Crippen LogP contribution in [0.4, 0.5) is 5.69 Å². The minimum absolute atomic E-state index is 0.0134. The Hall–Kier alpha value is -2.02. The number of halogens is 1. The summed E-state index contributed by atoms with van der Waals surface area (Å²) in [6.45, 7) is 6.94. The van der Waals surface area contributed by atoms with Gasteiger partial charge in [0.2, 0.25) is 11.8 Å². The largest absolute Gasteiger partial charge is 0.340 e. The van der Waals surface area contributed by atoms with Gasteiger partial charge >= 0.3 is 0 Å². The molecule has 0 aliphatic carbocycles. The van der Waals surface area contributed by atoms with Gasteiger partial charge in [0.05, 0.1) is 12.2 Å². The molecule has 1 aliphatic heterocycles. The molecule has 7 heteroatoms. The Balaban J connectivity index is 1.55. The Morgan fingerprint density at radius 2 is 1.69 bits per heavy atom. The lowest BCUT2D eigenvalue weighted by atomic mass is 10.1. The lowest BCUT2D eigenvalue weighted by Gasteiger charge is -2.35. The Morgan fingerprint density at radius 3 is 2.34 bits per heavy atom. The smallest absolute Gasteiger partial charge is 0.238 e. The van der Waals surface area contributed by atoms with Gasteiger partial charge in [-0.05, 0) is 36.4 Å². The highest BCUT2D eigenvalue weighted by Gasteiger charge is 2.24. The van der Waals surface area contributed by atoms with Crippen LogP contribution in [-0.2, 0) is 9.59 Å². The van der Waals surface area contributed by atoms with E-state index < -0.39 is 0 Å². The Kier molecular flexibility index (Phi) is 7.58. The van der Waals surface area contributed by atoms with Crippen LogP contribution in [0, 0.1) is 5.92 Å². The second-order valence-electron chi connectivity index (χ2n) is 7.36. The van der Waals surface area contributed by atoms with Crippen molar-refractivity contribution < 1.29 is 9.59 Å². The van der Waals surface area contributed by atoms with Crippen LogP contribution < -0.4 is 5.32 Å². The standard InChI is InChI=1S/C22H26ClN3O2S/c1-16(2)22(28)26-13-11-25(12-14-26)15-21(27)24-19-5-3-4-6-20(19)29-18-9-7-17(23)8-10-18/h3-10,16H,11-15H2,1-2H3,(H,24,27). The summed E-state index contributed by atoms with van der Waals surface area (Å²) >= 11 is 7.54. The SMILES string of the molecule is CC(C)C(=O)N1CCN(CC(=O)Nc2ccccc2Sc2ccc(Cl)cc2)CC1. The fraction of sp³-hybridized carbons (Fsp3) is 0.364. The van der Waals surface area contributed by atoms with Crippen molar-refractivity contribution in [3.63, 3.8) is 0 Å². The predicted molar refractivity (Wildman–Crippen MR) is 119 cm³/mol. The third kappa shape index (κ3) is 6.23. The van der Waals surface area contributed by atoms with E-state index >= 15 is 0 Å². The first kappa shape index (κ1) is 21.7. The van der Waals surface area contributed by atoms with Crippen LogP contribution in [-0.4, -0.2) is 54.3 Å². The molecule has 0 atom stereocenters. The molecule has 0 spiro atoms. The fourth-order valence-electron chi connectivity index (χ4n) is 3.17. The molecule has 0 aromatic heterocycles. The van der Waals surface area contributed by atoms with Crippen molar-refractivity contribution in [3.8, 4) is 0 Å². The van der Waals surface area contributed by atoms with E-state index in [0.29, 0.717) is 37.7 Å². The molecular formula is C22H26ClN3O2S. The summed E-state index contributed by atoms with van der Waals surface area (Å²) < 4.78 is 0. The molecule has 1 heterocycles. The third-order valence-corrected chi connectivity index (χ3v) is 6.08. The third-order valence-electron chi connectivity index (χ3n) is 4.75. The van der Waals surface area contributed by atoms with Crippen molar-refractivity contribution in [1.29, 1.82) is 0 Å². The van der Waals surface area contributed by atoms with Crippen LogP contribution in [0.3, 0.4) is 0 Å². The maximum atomic E-state index is 12.6. The van der Waals surface area contributed by atoms with E-state index in [-0.39, 0.29) is 17.7 Å². The molecule has 2 aromatic rings. The first-order valence-corrected chi connectivity index (χ1v) is 11.0. The molecule has 154 valence electrons. The molecule has 2 aromatic carbocycles. The van der Waals surface area contributed by atoms with Crippen LogP contribution in [0.1, 0.15) is 13.8 Å². The number of hydrogen-bond acceptors (Lipinski definition) is 4. The van der Waals surface area contributed by atoms with Gasteiger partial charge in [-0.2, -0.15) is 0 Å². The van der Waals surface area contributed by atoms with Gasteiger partial charge in [0.15, 0.2) is 0 Å². The lowest BCUT2D eigenvalue weighted by molar-refractivity contribution is -0.136. The summed E-state index contributed by atoms with van der Waals surface area (Å²) in [5, 5.41) is 3.73. The molecule has 0 radical (unpaired) electrons. The van der Waals surface area contributed by atoms with Crippen LogP contribution in [0.5, 0.6) is 0 Å². The van der Waals surface area contributed by atoms with Gasteiger partial charge in [-0.1, -0.05) is 49.3 Å². The number of carbonyl (C=O) groups is 2. The molecule has 3 rings (SSSR count). The molecule has 2 amide bonds. The van der Waals surface area contributed by atoms with E-state index in [2.05, 4.69) is 10.2 Å². The van der Waals surface area contributed by atoms with E-state index in [9.17, 15) is 9.59 Å². The zero-order chi connectivity index (χ0) is 20.8. The van der Waals surface area contributed by atoms with Gasteiger partial charge in [0.1, 0.15) is 0 Å². The molecule has 0 unspecified atom stereocenters. The number of carbonyl (C=O) groups excluding carboxylic acids is 2. The summed E-state index contributed by atoms with van der Waals surface area (Å²) in [4.78, 5) is 30.7. The fourth-order valence-corrected chi connectivity index (χ4v) is 4.20. The van der Waals surface area contributed by atoms with E-state index in [4.69, 9.17) is 11.6 Å². The van der Waals surface area contributed by atoms with Crippen LogP contribution >= 0.6 is 23.4 Å². The van der Waals surface area contributed by atoms with Crippen molar-refractivity contribution in [2.75, 3.05) is 38.0 Å². The van der Waals surface area contributed by atoms with E-state index in [1.807, 2.05) is 67.3 Å². The number of benzene rings is 2. The maximum absolute atomic E-state index is 12.6. The molecule has 1 saturated heterocycles. The second kappa shape index (κ2) is 10.1. The summed E-state index contributed by atoms with van der Waals surface area (Å²) in [6, 6.07) is 15.4. The minimum Gasteiger partial charge on any atom is -0.340 e. The molecule has 1 aliphatic rings. The molecule has 0 bridgehead atoms. The average molecular weight is 432 g/mol. The van der Waals surface area contributed by atoms with Gasteiger partial charge in [-0.15, -0.1) is 0 Å². The predicted octanol–water partition coefficient (Wildman–Crippen LogP) is 4.23. The van der Waals surface area contributed by atoms with Crippen LogP contribution in [0.2, 0.25) is 5.02 Å². The summed E-state index contributed by atoms with van der Waals surface area (Å²) in [5.74, 6) is 0.152. The van der Waals surface area contributed by atoms with Gasteiger partial charge in [-0.25, -0.2) is 0 Å². The zero-order valence-corrected chi connectivity index (χ0v) is 18.3. The van der Waals surface area contributed by atoms with E-state index in [1.165, 1.54) is 0 Å². The Labute approximate surface area is 181 Å². The highest BCUT2D eigenvalue weighted by Crippen LogP contribution is 2.33. The van der Waals surface area contributed by atoms with Crippen molar-refractivity contribution in [1.82, 2.24) is 9.80 Å². The number of anilines is 1. The summed E-state index contributed by atoms with van der Waals surface area (Å²) in [6.07, 6.45) is 0. The number of hydrogen-bond donors (Lipinski definition) is 1. The molecule has 1 N–H and O–H groups in total. The van der Waals surface area contributed by atoms with Gasteiger partial charge in [0, 0.05) is 46.9 Å². The number of nitrogens with zero attached hydrogens (tertiary/aromatic N) is 2. The molecule has 29 heavy (non-hydrogen) atoms. The topological polar surface area (TPSA) is 52.7 Å². The monoisotopic (exact) mass is 431 g/mol. The number of piperazine rings is 1. The van der Waals surface area contributed by atoms with Gasteiger partial charge < -0.3 is 10.2 Å². The number of amides is 2. The first-order chi connectivity index (χ1) is 13.9. The number of nitrogens with one attached hydrogen (secondary N) is 1. The minimum atomic E-state index is -0.0437. The van der Waals surface area contributed by atoms with Gasteiger partial charge in [0.25, 0.3) is 0 Å². The highest BCUT2D eigenvalue weighted by atomic mass is 35.5. The summed E-state index contributed by atoms with van der Waals surface area (Å²) in [5.41, 5.74) is 0.797. The van der Waals surface area contributed by atoms with Crippen LogP contribution in [0.15, 0.2) is 58.3 Å². The van der Waals surface area contributed by atoms with E-state index in [0.717, 1.165) is 15.5 Å². The second-order valence-corrected chi connectivity index (χ2v) is 8.91. The quantitative estimate of drug-likeness (QED) is 0.743.